The predicted octanol–water partition coefficient (Wildman–Crippen LogP) is 3.46. The Morgan fingerprint density at radius 1 is 0.917 bits per heavy atom. The lowest BCUT2D eigenvalue weighted by atomic mass is 9.89. The van der Waals surface area contributed by atoms with Gasteiger partial charge in [0.15, 0.2) is 0 Å². The number of carbonyl (C=O) groups excluding carboxylic acids is 2. The van der Waals surface area contributed by atoms with Crippen molar-refractivity contribution in [1.82, 2.24) is 0 Å². The van der Waals surface area contributed by atoms with Gasteiger partial charge in [-0.25, -0.2) is 0 Å². The standard InChI is InChI=1S/C19H30O5/c1-14-15(12-10-8-6-4-5-7-9-11-13-20)17(22)19(24-3)18(23-2)16(14)21/h20H,4-13H2,1-3H3/i1D3,11D2,13D2. The Morgan fingerprint density at radius 3 is 2.00 bits per heavy atom. The second kappa shape index (κ2) is 11.0. The smallest absolute Gasteiger partial charge is 0.228 e. The summed E-state index contributed by atoms with van der Waals surface area (Å²) in [5.41, 5.74) is -0.614. The molecule has 0 radical (unpaired) electrons. The number of allylic oxidation sites excluding steroid dienone is 2. The van der Waals surface area contributed by atoms with Gasteiger partial charge in [-0.2, -0.15) is 0 Å². The van der Waals surface area contributed by atoms with Gasteiger partial charge in [-0.3, -0.25) is 9.59 Å². The molecule has 0 unspecified atom stereocenters. The van der Waals surface area contributed by atoms with Crippen molar-refractivity contribution in [1.29, 1.82) is 0 Å². The number of ketones is 2. The largest absolute Gasteiger partial charge is 0.489 e. The molecule has 0 aromatic heterocycles. The summed E-state index contributed by atoms with van der Waals surface area (Å²) in [5, 5.41) is 9.17. The van der Waals surface area contributed by atoms with Crippen molar-refractivity contribution in [3.8, 4) is 0 Å². The zero-order chi connectivity index (χ0) is 24.0. The van der Waals surface area contributed by atoms with Crippen molar-refractivity contribution in [2.75, 3.05) is 20.8 Å². The van der Waals surface area contributed by atoms with E-state index >= 15 is 0 Å². The first-order valence-electron chi connectivity index (χ1n) is 11.6. The van der Waals surface area contributed by atoms with Crippen molar-refractivity contribution in [2.45, 2.75) is 64.6 Å². The number of Topliss-reactive ketones (excluding diaryl/α,β-unsaturated/α-hetero) is 2. The molecule has 24 heavy (non-hydrogen) atoms. The van der Waals surface area contributed by atoms with Crippen LogP contribution in [0.1, 0.15) is 74.2 Å². The highest BCUT2D eigenvalue weighted by molar-refractivity contribution is 6.23. The number of aliphatic hydroxyl groups is 1. The fourth-order valence-corrected chi connectivity index (χ4v) is 2.59. The summed E-state index contributed by atoms with van der Waals surface area (Å²) < 4.78 is 62.1. The molecule has 0 saturated carbocycles. The Balaban J connectivity index is 2.63. The minimum Gasteiger partial charge on any atom is -0.489 e. The van der Waals surface area contributed by atoms with E-state index in [4.69, 9.17) is 19.1 Å². The van der Waals surface area contributed by atoms with Crippen LogP contribution in [-0.4, -0.2) is 37.5 Å². The maximum Gasteiger partial charge on any atom is 0.228 e. The Morgan fingerprint density at radius 2 is 1.46 bits per heavy atom. The number of rotatable bonds is 12. The van der Waals surface area contributed by atoms with Gasteiger partial charge in [0.05, 0.1) is 17.0 Å². The molecule has 0 aliphatic heterocycles. The number of unbranched alkanes of at least 4 members (excludes halogenated alkanes) is 5. The lowest BCUT2D eigenvalue weighted by Gasteiger charge is -2.20. The Bertz CT molecular complexity index is 733. The fourth-order valence-electron chi connectivity index (χ4n) is 2.59. The molecular weight excluding hydrogens is 308 g/mol. The Kier molecular flexibility index (Phi) is 5.44. The second-order valence-corrected chi connectivity index (χ2v) is 5.49. The van der Waals surface area contributed by atoms with Gasteiger partial charge in [0.25, 0.3) is 0 Å². The number of hydrogen-bond acceptors (Lipinski definition) is 5. The third kappa shape index (κ3) is 5.48. The molecule has 136 valence electrons. The minimum atomic E-state index is -2.89. The van der Waals surface area contributed by atoms with Crippen LogP contribution in [0.5, 0.6) is 0 Å². The molecule has 0 fully saturated rings. The first-order chi connectivity index (χ1) is 14.2. The van der Waals surface area contributed by atoms with E-state index in [1.165, 1.54) is 14.2 Å². The lowest BCUT2D eigenvalue weighted by Crippen LogP contribution is -2.25. The lowest BCUT2D eigenvalue weighted by molar-refractivity contribution is -0.121. The third-order valence-corrected chi connectivity index (χ3v) is 3.89. The molecule has 0 atom stereocenters. The highest BCUT2D eigenvalue weighted by Gasteiger charge is 2.34. The summed E-state index contributed by atoms with van der Waals surface area (Å²) in [6.45, 7) is -5.65. The quantitative estimate of drug-likeness (QED) is 0.433. The number of hydrogen-bond donors (Lipinski definition) is 1. The minimum absolute atomic E-state index is 0.0824. The molecule has 0 heterocycles. The van der Waals surface area contributed by atoms with Crippen LogP contribution in [0.3, 0.4) is 0 Å². The average molecular weight is 345 g/mol. The maximum atomic E-state index is 12.7. The van der Waals surface area contributed by atoms with Crippen LogP contribution in [0.15, 0.2) is 22.7 Å². The van der Waals surface area contributed by atoms with Gasteiger partial charge in [-0.05, 0) is 26.1 Å². The van der Waals surface area contributed by atoms with Crippen LogP contribution in [0.25, 0.3) is 0 Å². The van der Waals surface area contributed by atoms with E-state index in [1.54, 1.807) is 0 Å². The van der Waals surface area contributed by atoms with Gasteiger partial charge in [-0.15, -0.1) is 0 Å². The van der Waals surface area contributed by atoms with E-state index < -0.39 is 42.7 Å². The zero-order valence-electron chi connectivity index (χ0n) is 21.2. The van der Waals surface area contributed by atoms with E-state index in [2.05, 4.69) is 0 Å². The Labute approximate surface area is 154 Å². The molecule has 1 aliphatic rings. The molecule has 5 nitrogen and oxygen atoms in total. The molecule has 0 saturated heterocycles. The zero-order valence-corrected chi connectivity index (χ0v) is 14.2. The molecule has 1 aliphatic carbocycles. The first-order valence-corrected chi connectivity index (χ1v) is 8.06. The first kappa shape index (κ1) is 11.9. The van der Waals surface area contributed by atoms with E-state index in [0.717, 1.165) is 12.8 Å². The molecule has 1 rings (SSSR count). The summed E-state index contributed by atoms with van der Waals surface area (Å²) in [6, 6.07) is 0. The van der Waals surface area contributed by atoms with Crippen LogP contribution in [0.2, 0.25) is 0 Å². The molecule has 0 spiro atoms. The summed E-state index contributed by atoms with van der Waals surface area (Å²) in [6.07, 6.45) is 1.37. The summed E-state index contributed by atoms with van der Waals surface area (Å²) in [7, 11) is 2.38. The Hall–Kier alpha value is -1.62. The second-order valence-electron chi connectivity index (χ2n) is 5.49. The predicted molar refractivity (Wildman–Crippen MR) is 92.4 cm³/mol. The van der Waals surface area contributed by atoms with E-state index in [9.17, 15) is 14.7 Å². The summed E-state index contributed by atoms with van der Waals surface area (Å²) in [5.74, 6) is -2.24. The van der Waals surface area contributed by atoms with E-state index in [1.807, 2.05) is 0 Å². The molecule has 5 heteroatoms. The van der Waals surface area contributed by atoms with Crippen LogP contribution < -0.4 is 0 Å². The van der Waals surface area contributed by atoms with Crippen LogP contribution in [-0.2, 0) is 19.1 Å². The summed E-state index contributed by atoms with van der Waals surface area (Å²) in [4.78, 5) is 25.3. The monoisotopic (exact) mass is 345 g/mol. The van der Waals surface area contributed by atoms with Crippen molar-refractivity contribution in [3.63, 3.8) is 0 Å². The van der Waals surface area contributed by atoms with Crippen LogP contribution in [0.4, 0.5) is 0 Å². The number of ether oxygens (including phenoxy) is 2. The van der Waals surface area contributed by atoms with Crippen molar-refractivity contribution < 1.29 is 33.8 Å². The molecule has 0 bridgehead atoms. The van der Waals surface area contributed by atoms with Crippen molar-refractivity contribution in [2.24, 2.45) is 0 Å². The van der Waals surface area contributed by atoms with Gasteiger partial charge >= 0.3 is 0 Å². The van der Waals surface area contributed by atoms with Gasteiger partial charge in [-0.1, -0.05) is 38.5 Å². The molecule has 0 aromatic carbocycles. The SMILES string of the molecule is [2H]C([2H])([2H])C1=C(CCCCCCCCC([2H])([2H])C([2H])([2H])O)C(=O)C(OC)=C(OC)C1=O. The molecular formula is C19H30O5. The van der Waals surface area contributed by atoms with E-state index in [-0.39, 0.29) is 24.2 Å². The molecule has 0 amide bonds. The highest BCUT2D eigenvalue weighted by atomic mass is 16.5. The van der Waals surface area contributed by atoms with Crippen molar-refractivity contribution in [3.05, 3.63) is 22.7 Å². The van der Waals surface area contributed by atoms with Crippen LogP contribution >= 0.6 is 0 Å². The fraction of sp³-hybridized carbons (Fsp3) is 0.684. The van der Waals surface area contributed by atoms with E-state index in [0.29, 0.717) is 25.7 Å². The topological polar surface area (TPSA) is 72.8 Å². The molecule has 0 aromatic rings. The number of methoxy groups -OCH3 is 2. The highest BCUT2D eigenvalue weighted by Crippen LogP contribution is 2.28. The third-order valence-electron chi connectivity index (χ3n) is 3.89. The van der Waals surface area contributed by atoms with Crippen molar-refractivity contribution >= 4 is 11.6 Å². The van der Waals surface area contributed by atoms with Gasteiger partial charge in [0.1, 0.15) is 0 Å². The van der Waals surface area contributed by atoms with Gasteiger partial charge < -0.3 is 14.6 Å². The van der Waals surface area contributed by atoms with Gasteiger partial charge in [0, 0.05) is 24.6 Å². The normalized spacial score (nSPS) is 21.4. The number of carbonyl (C=O) groups is 2. The van der Waals surface area contributed by atoms with Gasteiger partial charge in [0.2, 0.25) is 23.1 Å². The maximum absolute atomic E-state index is 12.7. The molecule has 1 N–H and O–H groups in total. The summed E-state index contributed by atoms with van der Waals surface area (Å²) >= 11 is 0. The average Bonchev–Trinajstić information content (AvgIpc) is 2.63. The van der Waals surface area contributed by atoms with Crippen LogP contribution in [0, 0.1) is 0 Å².